The molecule has 1 aliphatic heterocycles. The number of rotatable bonds is 5. The van der Waals surface area contributed by atoms with E-state index in [-0.39, 0.29) is 19.0 Å². The summed E-state index contributed by atoms with van der Waals surface area (Å²) in [6, 6.07) is 2.92. The fraction of sp³-hybridized carbons (Fsp3) is 0.538. The Labute approximate surface area is 144 Å². The highest BCUT2D eigenvalue weighted by molar-refractivity contribution is 7.89. The molecule has 1 heterocycles. The van der Waals surface area contributed by atoms with Crippen molar-refractivity contribution in [3.8, 4) is 0 Å². The molecule has 0 saturated carbocycles. The van der Waals surface area contributed by atoms with Crippen LogP contribution in [0, 0.1) is 5.92 Å². The van der Waals surface area contributed by atoms with Gasteiger partial charge in [-0.3, -0.25) is 0 Å². The summed E-state index contributed by atoms with van der Waals surface area (Å²) in [6.07, 6.45) is -3.29. The number of halogens is 5. The Morgan fingerprint density at radius 2 is 2.04 bits per heavy atom. The van der Waals surface area contributed by atoms with Crippen molar-refractivity contribution in [3.05, 3.63) is 28.8 Å². The van der Waals surface area contributed by atoms with E-state index in [1.165, 1.54) is 0 Å². The van der Waals surface area contributed by atoms with Crippen LogP contribution in [0.4, 0.5) is 13.2 Å². The van der Waals surface area contributed by atoms with E-state index < -0.39 is 31.7 Å². The fourth-order valence-corrected chi connectivity index (χ4v) is 4.24. The minimum absolute atomic E-state index is 0. The molecule has 1 aromatic rings. The van der Waals surface area contributed by atoms with Crippen molar-refractivity contribution in [2.75, 3.05) is 19.6 Å². The molecule has 0 aromatic heterocycles. The normalized spacial score (nSPS) is 18.7. The molecule has 10 heteroatoms. The molecule has 1 aromatic carbocycles. The summed E-state index contributed by atoms with van der Waals surface area (Å²) in [6.45, 7) is 1.75. The van der Waals surface area contributed by atoms with E-state index in [4.69, 9.17) is 11.6 Å². The van der Waals surface area contributed by atoms with Crippen LogP contribution in [-0.4, -0.2) is 28.1 Å². The summed E-state index contributed by atoms with van der Waals surface area (Å²) in [7, 11) is -4.32. The van der Waals surface area contributed by atoms with E-state index in [0.29, 0.717) is 18.4 Å². The molecule has 0 amide bonds. The summed E-state index contributed by atoms with van der Waals surface area (Å²) < 4.78 is 65.5. The fourth-order valence-electron chi connectivity index (χ4n) is 2.44. The summed E-state index contributed by atoms with van der Waals surface area (Å²) in [5.74, 6) is 0.330. The Morgan fingerprint density at radius 3 is 2.61 bits per heavy atom. The average molecular weight is 393 g/mol. The Bertz CT molecular complexity index is 633. The third kappa shape index (κ3) is 5.22. The lowest BCUT2D eigenvalue weighted by atomic mass is 10.1. The van der Waals surface area contributed by atoms with Crippen molar-refractivity contribution in [2.45, 2.75) is 23.9 Å². The van der Waals surface area contributed by atoms with Crippen LogP contribution in [0.25, 0.3) is 0 Å². The predicted molar refractivity (Wildman–Crippen MR) is 84.5 cm³/mol. The minimum Gasteiger partial charge on any atom is -0.316 e. The lowest BCUT2D eigenvalue weighted by Gasteiger charge is -2.16. The number of hydrogen-bond acceptors (Lipinski definition) is 3. The van der Waals surface area contributed by atoms with Gasteiger partial charge in [0.25, 0.3) is 0 Å². The van der Waals surface area contributed by atoms with Gasteiger partial charge in [-0.25, -0.2) is 13.1 Å². The van der Waals surface area contributed by atoms with Gasteiger partial charge in [0.05, 0.1) is 10.6 Å². The average Bonchev–Trinajstić information content (AvgIpc) is 2.90. The zero-order valence-corrected chi connectivity index (χ0v) is 14.4. The van der Waals surface area contributed by atoms with Crippen molar-refractivity contribution in [2.24, 2.45) is 5.92 Å². The van der Waals surface area contributed by atoms with Gasteiger partial charge in [0, 0.05) is 6.54 Å². The molecule has 1 unspecified atom stereocenters. The molecular weight excluding hydrogens is 376 g/mol. The maximum atomic E-state index is 13.0. The maximum Gasteiger partial charge on any atom is 0.417 e. The lowest BCUT2D eigenvalue weighted by Crippen LogP contribution is -2.29. The zero-order valence-electron chi connectivity index (χ0n) is 12.0. The molecule has 0 bridgehead atoms. The van der Waals surface area contributed by atoms with E-state index in [1.54, 1.807) is 0 Å². The van der Waals surface area contributed by atoms with Crippen LogP contribution >= 0.6 is 24.0 Å². The maximum absolute atomic E-state index is 13.0. The van der Waals surface area contributed by atoms with Crippen molar-refractivity contribution in [1.82, 2.24) is 10.0 Å². The van der Waals surface area contributed by atoms with Gasteiger partial charge in [0.1, 0.15) is 4.90 Å². The Morgan fingerprint density at radius 1 is 1.35 bits per heavy atom. The summed E-state index contributed by atoms with van der Waals surface area (Å²) >= 11 is 5.70. The van der Waals surface area contributed by atoms with Crippen LogP contribution in [-0.2, 0) is 16.2 Å². The Hall–Kier alpha value is -0.540. The first-order valence-corrected chi connectivity index (χ1v) is 8.64. The smallest absolute Gasteiger partial charge is 0.316 e. The summed E-state index contributed by atoms with van der Waals surface area (Å²) in [4.78, 5) is -0.909. The van der Waals surface area contributed by atoms with Crippen LogP contribution in [0.3, 0.4) is 0 Å². The number of sulfonamides is 1. The van der Waals surface area contributed by atoms with Crippen LogP contribution in [0.5, 0.6) is 0 Å². The summed E-state index contributed by atoms with van der Waals surface area (Å²) in [5.41, 5.74) is -1.25. The van der Waals surface area contributed by atoms with E-state index in [2.05, 4.69) is 10.0 Å². The molecule has 132 valence electrons. The third-order valence-corrected chi connectivity index (χ3v) is 5.54. The standard InChI is InChI=1S/C13H16ClF3N2O2S.ClH/c14-11-3-1-2-10(13(15,16)17)12(11)22(20,21)19-7-5-9-4-6-18-8-9;/h1-3,9,18-19H,4-8H2;1H. The van der Waals surface area contributed by atoms with Gasteiger partial charge >= 0.3 is 6.18 Å². The van der Waals surface area contributed by atoms with E-state index >= 15 is 0 Å². The molecule has 0 spiro atoms. The molecule has 1 saturated heterocycles. The second-order valence-electron chi connectivity index (χ2n) is 5.16. The van der Waals surface area contributed by atoms with Gasteiger partial charge < -0.3 is 5.32 Å². The molecule has 1 fully saturated rings. The number of hydrogen-bond donors (Lipinski definition) is 2. The molecule has 2 rings (SSSR count). The second kappa shape index (κ2) is 8.02. The Balaban J connectivity index is 0.00000264. The highest BCUT2D eigenvalue weighted by Gasteiger charge is 2.38. The second-order valence-corrected chi connectivity index (χ2v) is 7.27. The van der Waals surface area contributed by atoms with Gasteiger partial charge in [-0.15, -0.1) is 12.4 Å². The number of benzene rings is 1. The minimum atomic E-state index is -4.79. The largest absolute Gasteiger partial charge is 0.417 e. The SMILES string of the molecule is Cl.O=S(=O)(NCCC1CCNC1)c1c(Cl)cccc1C(F)(F)F. The Kier molecular flexibility index (Phi) is 7.15. The first-order valence-electron chi connectivity index (χ1n) is 6.78. The van der Waals surface area contributed by atoms with Crippen molar-refractivity contribution >= 4 is 34.0 Å². The van der Waals surface area contributed by atoms with Crippen LogP contribution in [0.1, 0.15) is 18.4 Å². The molecule has 0 aliphatic carbocycles. The van der Waals surface area contributed by atoms with Gasteiger partial charge in [-0.1, -0.05) is 17.7 Å². The third-order valence-electron chi connectivity index (χ3n) is 3.55. The van der Waals surface area contributed by atoms with Gasteiger partial charge in [0.15, 0.2) is 0 Å². The van der Waals surface area contributed by atoms with Crippen LogP contribution in [0.2, 0.25) is 5.02 Å². The van der Waals surface area contributed by atoms with Crippen LogP contribution < -0.4 is 10.0 Å². The highest BCUT2D eigenvalue weighted by Crippen LogP contribution is 2.37. The van der Waals surface area contributed by atoms with E-state index in [0.717, 1.165) is 31.6 Å². The quantitative estimate of drug-likeness (QED) is 0.809. The molecule has 23 heavy (non-hydrogen) atoms. The lowest BCUT2D eigenvalue weighted by molar-refractivity contribution is -0.139. The van der Waals surface area contributed by atoms with Gasteiger partial charge in [-0.05, 0) is 44.0 Å². The first-order chi connectivity index (χ1) is 10.2. The zero-order chi connectivity index (χ0) is 16.4. The molecule has 2 N–H and O–H groups in total. The topological polar surface area (TPSA) is 58.2 Å². The van der Waals surface area contributed by atoms with E-state index in [1.807, 2.05) is 0 Å². The molecule has 4 nitrogen and oxygen atoms in total. The van der Waals surface area contributed by atoms with Crippen molar-refractivity contribution in [3.63, 3.8) is 0 Å². The molecular formula is C13H17Cl2F3N2O2S. The van der Waals surface area contributed by atoms with Crippen molar-refractivity contribution < 1.29 is 21.6 Å². The van der Waals surface area contributed by atoms with Gasteiger partial charge in [-0.2, -0.15) is 13.2 Å². The predicted octanol–water partition coefficient (Wildman–Crippen LogP) is 3.06. The number of nitrogens with one attached hydrogen (secondary N) is 2. The highest BCUT2D eigenvalue weighted by atomic mass is 35.5. The van der Waals surface area contributed by atoms with Gasteiger partial charge in [0.2, 0.25) is 10.0 Å². The first kappa shape index (κ1) is 20.5. The van der Waals surface area contributed by atoms with Crippen LogP contribution in [0.15, 0.2) is 23.1 Å². The summed E-state index contributed by atoms with van der Waals surface area (Å²) in [5, 5.41) is 2.70. The van der Waals surface area contributed by atoms with E-state index in [9.17, 15) is 21.6 Å². The monoisotopic (exact) mass is 392 g/mol. The molecule has 1 aliphatic rings. The number of alkyl halides is 3. The molecule has 0 radical (unpaired) electrons. The molecule has 1 atom stereocenters. The van der Waals surface area contributed by atoms with Crippen molar-refractivity contribution in [1.29, 1.82) is 0 Å².